The summed E-state index contributed by atoms with van der Waals surface area (Å²) in [5.41, 5.74) is 0. The Morgan fingerprint density at radius 2 is 2.29 bits per heavy atom. The lowest BCUT2D eigenvalue weighted by Gasteiger charge is -2.29. The van der Waals surface area contributed by atoms with Gasteiger partial charge in [0.1, 0.15) is 0 Å². The number of carbonyl (C=O) groups excluding carboxylic acids is 1. The molecule has 0 aromatic carbocycles. The van der Waals surface area contributed by atoms with Crippen molar-refractivity contribution in [1.82, 2.24) is 5.32 Å². The van der Waals surface area contributed by atoms with Gasteiger partial charge in [0.15, 0.2) is 0 Å². The summed E-state index contributed by atoms with van der Waals surface area (Å²) in [6.07, 6.45) is 0.484. The quantitative estimate of drug-likeness (QED) is 0.737. The Morgan fingerprint density at radius 3 is 2.86 bits per heavy atom. The standard InChI is InChI=1S/C10H19NO3/c1-7(2)14-10(12)11-9-4-5-13-6-8(9)3/h7-9H,4-6H2,1-3H3,(H,11,12). The second-order valence-corrected chi connectivity index (χ2v) is 4.05. The first-order chi connectivity index (χ1) is 6.59. The number of carbonyl (C=O) groups is 1. The topological polar surface area (TPSA) is 47.6 Å². The molecule has 1 amide bonds. The molecule has 0 radical (unpaired) electrons. The summed E-state index contributed by atoms with van der Waals surface area (Å²) in [4.78, 5) is 11.3. The Hall–Kier alpha value is -0.770. The fraction of sp³-hybridized carbons (Fsp3) is 0.900. The fourth-order valence-electron chi connectivity index (χ4n) is 1.49. The van der Waals surface area contributed by atoms with Gasteiger partial charge in [0.25, 0.3) is 0 Å². The van der Waals surface area contributed by atoms with Crippen molar-refractivity contribution in [3.05, 3.63) is 0 Å². The van der Waals surface area contributed by atoms with Crippen molar-refractivity contribution in [2.75, 3.05) is 13.2 Å². The van der Waals surface area contributed by atoms with Gasteiger partial charge in [-0.25, -0.2) is 4.79 Å². The number of ether oxygens (including phenoxy) is 2. The van der Waals surface area contributed by atoms with Crippen LogP contribution in [0, 0.1) is 5.92 Å². The van der Waals surface area contributed by atoms with Gasteiger partial charge >= 0.3 is 6.09 Å². The van der Waals surface area contributed by atoms with Crippen molar-refractivity contribution in [1.29, 1.82) is 0 Å². The summed E-state index contributed by atoms with van der Waals surface area (Å²) in [5, 5.41) is 2.86. The van der Waals surface area contributed by atoms with Crippen molar-refractivity contribution in [3.63, 3.8) is 0 Å². The zero-order chi connectivity index (χ0) is 10.6. The minimum absolute atomic E-state index is 0.0647. The van der Waals surface area contributed by atoms with E-state index in [0.717, 1.165) is 13.0 Å². The van der Waals surface area contributed by atoms with Crippen LogP contribution in [0.5, 0.6) is 0 Å². The molecule has 1 rings (SSSR count). The second-order valence-electron chi connectivity index (χ2n) is 4.05. The van der Waals surface area contributed by atoms with E-state index in [9.17, 15) is 4.79 Å². The Kier molecular flexibility index (Phi) is 4.20. The van der Waals surface area contributed by atoms with E-state index in [0.29, 0.717) is 12.5 Å². The van der Waals surface area contributed by atoms with E-state index >= 15 is 0 Å². The van der Waals surface area contributed by atoms with Gasteiger partial charge in [-0.2, -0.15) is 0 Å². The second kappa shape index (κ2) is 5.20. The van der Waals surface area contributed by atoms with Gasteiger partial charge in [-0.1, -0.05) is 6.92 Å². The minimum atomic E-state index is -0.321. The molecule has 1 aliphatic heterocycles. The first-order valence-electron chi connectivity index (χ1n) is 5.14. The van der Waals surface area contributed by atoms with E-state index in [2.05, 4.69) is 12.2 Å². The first-order valence-corrected chi connectivity index (χ1v) is 5.14. The number of alkyl carbamates (subject to hydrolysis) is 1. The third-order valence-corrected chi connectivity index (χ3v) is 2.29. The van der Waals surface area contributed by atoms with E-state index < -0.39 is 0 Å². The minimum Gasteiger partial charge on any atom is -0.447 e. The normalized spacial score (nSPS) is 27.4. The first kappa shape index (κ1) is 11.3. The maximum atomic E-state index is 11.3. The van der Waals surface area contributed by atoms with Gasteiger partial charge in [-0.05, 0) is 26.2 Å². The average molecular weight is 201 g/mol. The fourth-order valence-corrected chi connectivity index (χ4v) is 1.49. The molecule has 0 bridgehead atoms. The average Bonchev–Trinajstić information content (AvgIpc) is 2.07. The summed E-state index contributed by atoms with van der Waals surface area (Å²) in [6, 6.07) is 0.190. The van der Waals surface area contributed by atoms with Gasteiger partial charge in [-0.3, -0.25) is 0 Å². The summed E-state index contributed by atoms with van der Waals surface area (Å²) >= 11 is 0. The third-order valence-electron chi connectivity index (χ3n) is 2.29. The summed E-state index contributed by atoms with van der Waals surface area (Å²) in [6.45, 7) is 7.18. The molecule has 82 valence electrons. The van der Waals surface area contributed by atoms with Crippen molar-refractivity contribution >= 4 is 6.09 Å². The van der Waals surface area contributed by atoms with E-state index in [4.69, 9.17) is 9.47 Å². The van der Waals surface area contributed by atoms with Gasteiger partial charge in [0.2, 0.25) is 0 Å². The van der Waals surface area contributed by atoms with Crippen molar-refractivity contribution in [2.45, 2.75) is 39.3 Å². The van der Waals surface area contributed by atoms with Crippen LogP contribution in [0.4, 0.5) is 4.79 Å². The highest BCUT2D eigenvalue weighted by molar-refractivity contribution is 5.67. The zero-order valence-electron chi connectivity index (χ0n) is 9.08. The van der Waals surface area contributed by atoms with Gasteiger partial charge < -0.3 is 14.8 Å². The predicted molar refractivity (Wildman–Crippen MR) is 53.1 cm³/mol. The molecule has 1 fully saturated rings. The van der Waals surface area contributed by atoms with Gasteiger partial charge in [0.05, 0.1) is 12.7 Å². The molecular formula is C10H19NO3. The van der Waals surface area contributed by atoms with Crippen LogP contribution in [0.1, 0.15) is 27.2 Å². The number of hydrogen-bond acceptors (Lipinski definition) is 3. The van der Waals surface area contributed by atoms with Crippen LogP contribution < -0.4 is 5.32 Å². The van der Waals surface area contributed by atoms with E-state index in [1.165, 1.54) is 0 Å². The van der Waals surface area contributed by atoms with Gasteiger partial charge in [-0.15, -0.1) is 0 Å². The van der Waals surface area contributed by atoms with Gasteiger partial charge in [0, 0.05) is 12.6 Å². The van der Waals surface area contributed by atoms with Crippen LogP contribution in [-0.4, -0.2) is 31.5 Å². The largest absolute Gasteiger partial charge is 0.447 e. The maximum absolute atomic E-state index is 11.3. The Morgan fingerprint density at radius 1 is 1.57 bits per heavy atom. The molecule has 1 heterocycles. The number of hydrogen-bond donors (Lipinski definition) is 1. The van der Waals surface area contributed by atoms with Crippen LogP contribution in [0.3, 0.4) is 0 Å². The number of nitrogens with one attached hydrogen (secondary N) is 1. The smallest absolute Gasteiger partial charge is 0.407 e. The van der Waals surface area contributed by atoms with E-state index in [1.807, 2.05) is 13.8 Å². The monoisotopic (exact) mass is 201 g/mol. The predicted octanol–water partition coefficient (Wildman–Crippen LogP) is 1.55. The molecule has 0 aromatic heterocycles. The molecule has 1 N–H and O–H groups in total. The molecule has 1 aliphatic rings. The Bertz CT molecular complexity index is 194. The SMILES string of the molecule is CC(C)OC(=O)NC1CCOCC1C. The lowest BCUT2D eigenvalue weighted by Crippen LogP contribution is -2.45. The van der Waals surface area contributed by atoms with Crippen molar-refractivity contribution in [3.8, 4) is 0 Å². The van der Waals surface area contributed by atoms with Crippen LogP contribution in [0.25, 0.3) is 0 Å². The number of amides is 1. The van der Waals surface area contributed by atoms with E-state index in [1.54, 1.807) is 0 Å². The zero-order valence-corrected chi connectivity index (χ0v) is 9.08. The molecule has 1 saturated heterocycles. The highest BCUT2D eigenvalue weighted by Gasteiger charge is 2.24. The molecule has 0 aromatic rings. The highest BCUT2D eigenvalue weighted by Crippen LogP contribution is 2.13. The lowest BCUT2D eigenvalue weighted by molar-refractivity contribution is 0.0348. The Labute approximate surface area is 85.0 Å². The molecule has 4 nitrogen and oxygen atoms in total. The maximum Gasteiger partial charge on any atom is 0.407 e. The molecule has 14 heavy (non-hydrogen) atoms. The Balaban J connectivity index is 2.31. The van der Waals surface area contributed by atoms with E-state index in [-0.39, 0.29) is 18.2 Å². The van der Waals surface area contributed by atoms with Crippen LogP contribution in [0.15, 0.2) is 0 Å². The molecule has 0 spiro atoms. The van der Waals surface area contributed by atoms with Crippen LogP contribution in [0.2, 0.25) is 0 Å². The highest BCUT2D eigenvalue weighted by atomic mass is 16.6. The van der Waals surface area contributed by atoms with Crippen molar-refractivity contribution in [2.24, 2.45) is 5.92 Å². The molecule has 0 aliphatic carbocycles. The molecule has 2 atom stereocenters. The number of rotatable bonds is 2. The molecule has 4 heteroatoms. The van der Waals surface area contributed by atoms with Crippen molar-refractivity contribution < 1.29 is 14.3 Å². The molecular weight excluding hydrogens is 182 g/mol. The summed E-state index contributed by atoms with van der Waals surface area (Å²) in [5.74, 6) is 0.364. The third kappa shape index (κ3) is 3.54. The molecule has 0 saturated carbocycles. The molecule has 2 unspecified atom stereocenters. The van der Waals surface area contributed by atoms with Crippen LogP contribution in [-0.2, 0) is 9.47 Å². The lowest BCUT2D eigenvalue weighted by atomic mass is 9.98. The summed E-state index contributed by atoms with van der Waals surface area (Å²) < 4.78 is 10.3. The summed E-state index contributed by atoms with van der Waals surface area (Å²) in [7, 11) is 0. The van der Waals surface area contributed by atoms with Crippen LogP contribution >= 0.6 is 0 Å².